The zero-order valence-electron chi connectivity index (χ0n) is 10.2. The topological polar surface area (TPSA) is 38.0 Å². The van der Waals surface area contributed by atoms with Gasteiger partial charge in [-0.3, -0.25) is 4.68 Å². The second-order valence-corrected chi connectivity index (χ2v) is 6.34. The fraction of sp³-hybridized carbons (Fsp3) is 0.308. The van der Waals surface area contributed by atoms with Crippen molar-refractivity contribution in [2.24, 2.45) is 0 Å². The third-order valence-corrected chi connectivity index (χ3v) is 4.26. The van der Waals surface area contributed by atoms with Crippen molar-refractivity contribution in [3.05, 3.63) is 49.8 Å². The molecule has 0 aliphatic rings. The average molecular weight is 421 g/mol. The molecule has 1 atom stereocenters. The Morgan fingerprint density at radius 3 is 2.56 bits per heavy atom. The molecule has 0 aliphatic heterocycles. The van der Waals surface area contributed by atoms with Crippen molar-refractivity contribution >= 4 is 38.5 Å². The van der Waals surface area contributed by atoms with Crippen LogP contribution in [0.25, 0.3) is 0 Å². The van der Waals surface area contributed by atoms with Crippen LogP contribution < -0.4 is 0 Å². The highest BCUT2D eigenvalue weighted by Gasteiger charge is 2.31. The fourth-order valence-corrected chi connectivity index (χ4v) is 3.04. The maximum absolute atomic E-state index is 10.8. The summed E-state index contributed by atoms with van der Waals surface area (Å²) >= 11 is 5.71. The van der Waals surface area contributed by atoms with Crippen molar-refractivity contribution in [3.8, 4) is 0 Å². The van der Waals surface area contributed by atoms with Crippen LogP contribution in [0.5, 0.6) is 0 Å². The van der Waals surface area contributed by atoms with Gasteiger partial charge in [0, 0.05) is 10.1 Å². The summed E-state index contributed by atoms with van der Waals surface area (Å²) < 4.78 is 3.78. The van der Waals surface area contributed by atoms with Gasteiger partial charge in [-0.2, -0.15) is 5.10 Å². The van der Waals surface area contributed by atoms with Gasteiger partial charge in [0.15, 0.2) is 0 Å². The number of halogens is 2. The lowest BCUT2D eigenvalue weighted by Crippen LogP contribution is -2.27. The Bertz CT molecular complexity index is 549. The van der Waals surface area contributed by atoms with E-state index in [4.69, 9.17) is 0 Å². The highest BCUT2D eigenvalue weighted by atomic mass is 127. The van der Waals surface area contributed by atoms with E-state index in [1.165, 1.54) is 0 Å². The fourth-order valence-electron chi connectivity index (χ4n) is 2.00. The molecular weight excluding hydrogens is 407 g/mol. The number of aliphatic hydroxyl groups is 1. The molecule has 2 aromatic rings. The number of nitrogens with zero attached hydrogens (tertiary/aromatic N) is 2. The number of aromatic nitrogens is 2. The minimum Gasteiger partial charge on any atom is -0.379 e. The van der Waals surface area contributed by atoms with Gasteiger partial charge in [0.05, 0.1) is 16.4 Å². The normalized spacial score (nSPS) is 14.5. The van der Waals surface area contributed by atoms with Crippen molar-refractivity contribution in [2.75, 3.05) is 0 Å². The Morgan fingerprint density at radius 1 is 1.39 bits per heavy atom. The lowest BCUT2D eigenvalue weighted by molar-refractivity contribution is 0.0909. The first-order chi connectivity index (χ1) is 8.46. The summed E-state index contributed by atoms with van der Waals surface area (Å²) in [5.74, 6) is 0. The van der Waals surface area contributed by atoms with Crippen LogP contribution in [0.1, 0.15) is 25.1 Å². The molecule has 0 aliphatic carbocycles. The van der Waals surface area contributed by atoms with Crippen molar-refractivity contribution in [1.82, 2.24) is 9.78 Å². The van der Waals surface area contributed by atoms with Crippen LogP contribution >= 0.6 is 38.5 Å². The maximum Gasteiger partial charge on any atom is 0.129 e. The highest BCUT2D eigenvalue weighted by Crippen LogP contribution is 2.34. The molecule has 1 aromatic carbocycles. The Balaban J connectivity index is 2.53. The molecule has 0 saturated heterocycles. The van der Waals surface area contributed by atoms with Gasteiger partial charge in [-0.05, 0) is 70.1 Å². The minimum atomic E-state index is -1.06. The predicted octanol–water partition coefficient (Wildman–Crippen LogP) is 3.53. The van der Waals surface area contributed by atoms with Gasteiger partial charge in [0.1, 0.15) is 5.60 Å². The van der Waals surface area contributed by atoms with E-state index in [9.17, 15) is 5.11 Å². The number of benzene rings is 1. The average Bonchev–Trinajstić information content (AvgIpc) is 2.71. The number of rotatable bonds is 3. The van der Waals surface area contributed by atoms with E-state index in [1.54, 1.807) is 13.1 Å². The zero-order valence-corrected chi connectivity index (χ0v) is 13.9. The monoisotopic (exact) mass is 420 g/mol. The second-order valence-electron chi connectivity index (χ2n) is 4.24. The van der Waals surface area contributed by atoms with E-state index in [0.717, 1.165) is 25.8 Å². The Hall–Kier alpha value is -0.400. The van der Waals surface area contributed by atoms with Crippen LogP contribution in [0.3, 0.4) is 0 Å². The smallest absolute Gasteiger partial charge is 0.129 e. The molecule has 0 amide bonds. The molecule has 2 rings (SSSR count). The highest BCUT2D eigenvalue weighted by molar-refractivity contribution is 14.1. The quantitative estimate of drug-likeness (QED) is 0.771. The van der Waals surface area contributed by atoms with Gasteiger partial charge in [0.2, 0.25) is 0 Å². The van der Waals surface area contributed by atoms with Crippen molar-refractivity contribution < 1.29 is 5.11 Å². The first kappa shape index (κ1) is 14.0. The Kier molecular flexibility index (Phi) is 4.13. The molecule has 96 valence electrons. The standard InChI is InChI=1S/C13H14BrIN2O/c1-3-17-12(11(14)8-16-17)13(2,18)9-4-6-10(15)7-5-9/h4-8,18H,3H2,1-2H3. The van der Waals surface area contributed by atoms with Crippen LogP contribution in [0.4, 0.5) is 0 Å². The van der Waals surface area contributed by atoms with Crippen LogP contribution in [-0.4, -0.2) is 14.9 Å². The van der Waals surface area contributed by atoms with Crippen LogP contribution in [0.15, 0.2) is 34.9 Å². The van der Waals surface area contributed by atoms with Crippen molar-refractivity contribution in [1.29, 1.82) is 0 Å². The minimum absolute atomic E-state index is 0.724. The summed E-state index contributed by atoms with van der Waals surface area (Å²) in [7, 11) is 0. The Labute approximate surface area is 128 Å². The van der Waals surface area contributed by atoms with E-state index in [-0.39, 0.29) is 0 Å². The number of aryl methyl sites for hydroxylation is 1. The molecule has 0 radical (unpaired) electrons. The first-order valence-electron chi connectivity index (χ1n) is 5.67. The van der Waals surface area contributed by atoms with Gasteiger partial charge in [0.25, 0.3) is 0 Å². The largest absolute Gasteiger partial charge is 0.379 e. The predicted molar refractivity (Wildman–Crippen MR) is 83.4 cm³/mol. The van der Waals surface area contributed by atoms with E-state index in [0.29, 0.717) is 0 Å². The van der Waals surface area contributed by atoms with Crippen LogP contribution in [0, 0.1) is 3.57 Å². The van der Waals surface area contributed by atoms with E-state index < -0.39 is 5.60 Å². The second kappa shape index (κ2) is 5.30. The van der Waals surface area contributed by atoms with Gasteiger partial charge in [-0.25, -0.2) is 0 Å². The van der Waals surface area contributed by atoms with Crippen molar-refractivity contribution in [2.45, 2.75) is 26.0 Å². The van der Waals surface area contributed by atoms with Crippen molar-refractivity contribution in [3.63, 3.8) is 0 Å². The molecular formula is C13H14BrIN2O. The van der Waals surface area contributed by atoms with Gasteiger partial charge >= 0.3 is 0 Å². The molecule has 0 spiro atoms. The van der Waals surface area contributed by atoms with Crippen LogP contribution in [-0.2, 0) is 12.1 Å². The molecule has 0 bridgehead atoms. The summed E-state index contributed by atoms with van der Waals surface area (Å²) in [6.07, 6.45) is 1.72. The molecule has 5 heteroatoms. The molecule has 1 aromatic heterocycles. The first-order valence-corrected chi connectivity index (χ1v) is 7.54. The molecule has 1 heterocycles. The molecule has 1 N–H and O–H groups in total. The zero-order chi connectivity index (χ0) is 13.3. The number of hydrogen-bond donors (Lipinski definition) is 1. The molecule has 1 unspecified atom stereocenters. The lowest BCUT2D eigenvalue weighted by atomic mass is 9.92. The Morgan fingerprint density at radius 2 is 2.00 bits per heavy atom. The van der Waals surface area contributed by atoms with Gasteiger partial charge in [-0.1, -0.05) is 12.1 Å². The molecule has 0 saturated carbocycles. The third-order valence-electron chi connectivity index (χ3n) is 2.96. The number of hydrogen-bond acceptors (Lipinski definition) is 2. The molecule has 18 heavy (non-hydrogen) atoms. The lowest BCUT2D eigenvalue weighted by Gasteiger charge is -2.25. The third kappa shape index (κ3) is 2.48. The SMILES string of the molecule is CCn1ncc(Br)c1C(C)(O)c1ccc(I)cc1. The summed E-state index contributed by atoms with van der Waals surface area (Å²) in [4.78, 5) is 0. The molecule has 0 fully saturated rings. The van der Waals surface area contributed by atoms with Gasteiger partial charge < -0.3 is 5.11 Å². The summed E-state index contributed by atoms with van der Waals surface area (Å²) in [6, 6.07) is 7.87. The molecule has 3 nitrogen and oxygen atoms in total. The summed E-state index contributed by atoms with van der Waals surface area (Å²) in [6.45, 7) is 4.53. The van der Waals surface area contributed by atoms with E-state index in [1.807, 2.05) is 35.9 Å². The maximum atomic E-state index is 10.8. The summed E-state index contributed by atoms with van der Waals surface area (Å²) in [5.41, 5.74) is 0.584. The van der Waals surface area contributed by atoms with Gasteiger partial charge in [-0.15, -0.1) is 0 Å². The summed E-state index contributed by atoms with van der Waals surface area (Å²) in [5, 5.41) is 15.1. The van der Waals surface area contributed by atoms with E-state index >= 15 is 0 Å². The van der Waals surface area contributed by atoms with E-state index in [2.05, 4.69) is 43.6 Å². The van der Waals surface area contributed by atoms with Crippen LogP contribution in [0.2, 0.25) is 0 Å².